The van der Waals surface area contributed by atoms with Crippen molar-refractivity contribution >= 4 is 28.6 Å². The molecule has 0 aliphatic carbocycles. The second-order valence-corrected chi connectivity index (χ2v) is 9.80. The summed E-state index contributed by atoms with van der Waals surface area (Å²) < 4.78 is 12.7. The van der Waals surface area contributed by atoms with Crippen LogP contribution in [-0.4, -0.2) is 33.5 Å². The van der Waals surface area contributed by atoms with Crippen molar-refractivity contribution in [2.45, 2.75) is 11.9 Å². The van der Waals surface area contributed by atoms with Gasteiger partial charge in [0.1, 0.15) is 22.4 Å². The number of amides is 1. The Labute approximate surface area is 217 Å². The molecular formula is C29H23N3O4S. The first kappa shape index (κ1) is 23.1. The summed E-state index contributed by atoms with van der Waals surface area (Å²) in [6.45, 7) is 0.433. The van der Waals surface area contributed by atoms with Gasteiger partial charge in [0.25, 0.3) is 0 Å². The van der Waals surface area contributed by atoms with Gasteiger partial charge in [-0.1, -0.05) is 48.5 Å². The van der Waals surface area contributed by atoms with Gasteiger partial charge in [-0.05, 0) is 42.0 Å². The summed E-state index contributed by atoms with van der Waals surface area (Å²) in [5.41, 5.74) is 3.57. The zero-order valence-electron chi connectivity index (χ0n) is 20.0. The van der Waals surface area contributed by atoms with Crippen LogP contribution in [0.3, 0.4) is 0 Å². The molecule has 0 bridgehead atoms. The van der Waals surface area contributed by atoms with Crippen LogP contribution in [0.25, 0.3) is 27.9 Å². The maximum atomic E-state index is 13.1. The Morgan fingerprint density at radius 1 is 1.00 bits per heavy atom. The number of benzene rings is 3. The molecule has 1 saturated heterocycles. The van der Waals surface area contributed by atoms with Gasteiger partial charge in [-0.3, -0.25) is 4.79 Å². The van der Waals surface area contributed by atoms with Crippen molar-refractivity contribution in [1.82, 2.24) is 14.7 Å². The summed E-state index contributed by atoms with van der Waals surface area (Å²) in [6, 6.07) is 26.6. The van der Waals surface area contributed by atoms with Crippen molar-refractivity contribution in [2.75, 3.05) is 12.9 Å². The van der Waals surface area contributed by atoms with Gasteiger partial charge in [-0.15, -0.1) is 11.8 Å². The molecule has 184 valence electrons. The summed E-state index contributed by atoms with van der Waals surface area (Å²) in [6.07, 6.45) is 1.91. The van der Waals surface area contributed by atoms with Crippen LogP contribution in [0.4, 0.5) is 0 Å². The highest BCUT2D eigenvalue weighted by Gasteiger charge is 2.36. The van der Waals surface area contributed by atoms with Crippen LogP contribution in [0.15, 0.2) is 100 Å². The maximum Gasteiger partial charge on any atom is 0.345 e. The minimum Gasteiger partial charge on any atom is -0.497 e. The molecule has 0 radical (unpaired) electrons. The number of nitrogens with zero attached hydrogens (tertiary/aromatic N) is 3. The van der Waals surface area contributed by atoms with Crippen LogP contribution in [-0.2, 0) is 11.3 Å². The van der Waals surface area contributed by atoms with Crippen molar-refractivity contribution in [3.8, 4) is 22.7 Å². The lowest BCUT2D eigenvalue weighted by molar-refractivity contribution is -0.128. The van der Waals surface area contributed by atoms with Gasteiger partial charge < -0.3 is 14.1 Å². The summed E-state index contributed by atoms with van der Waals surface area (Å²) in [5, 5.41) is 5.34. The number of fused-ring (bicyclic) bond motifs is 1. The highest BCUT2D eigenvalue weighted by atomic mass is 32.2. The van der Waals surface area contributed by atoms with Crippen molar-refractivity contribution in [1.29, 1.82) is 0 Å². The first-order valence-corrected chi connectivity index (χ1v) is 12.9. The molecule has 3 heterocycles. The average molecular weight is 510 g/mol. The molecule has 0 saturated carbocycles. The molecule has 3 aromatic carbocycles. The topological polar surface area (TPSA) is 77.6 Å². The van der Waals surface area contributed by atoms with E-state index in [1.54, 1.807) is 17.9 Å². The third kappa shape index (κ3) is 4.40. The van der Waals surface area contributed by atoms with Crippen LogP contribution >= 0.6 is 11.8 Å². The van der Waals surface area contributed by atoms with Crippen LogP contribution in [0, 0.1) is 0 Å². The number of hydrogen-bond donors (Lipinski definition) is 0. The van der Waals surface area contributed by atoms with E-state index in [1.165, 1.54) is 11.8 Å². The number of hydrogen-bond acceptors (Lipinski definition) is 6. The predicted octanol–water partition coefficient (Wildman–Crippen LogP) is 5.43. The molecule has 6 rings (SSSR count). The highest BCUT2D eigenvalue weighted by Crippen LogP contribution is 2.43. The molecular weight excluding hydrogens is 486 g/mol. The molecule has 1 fully saturated rings. The van der Waals surface area contributed by atoms with E-state index in [9.17, 15) is 9.59 Å². The minimum atomic E-state index is -0.464. The monoisotopic (exact) mass is 509 g/mol. The van der Waals surface area contributed by atoms with E-state index in [-0.39, 0.29) is 11.3 Å². The van der Waals surface area contributed by atoms with Gasteiger partial charge in [-0.2, -0.15) is 5.10 Å². The standard InChI is InChI=1S/C29H23N3O4S/c1-35-22-13-11-19(12-14-22)16-31-26(33)18-37-28(31)24-17-32(21-8-3-2-4-9-21)30-27(24)23-15-20-7-5-6-10-25(20)36-29(23)34/h2-15,17,28H,16,18H2,1H3. The zero-order valence-corrected chi connectivity index (χ0v) is 20.9. The van der Waals surface area contributed by atoms with Gasteiger partial charge >= 0.3 is 5.63 Å². The molecule has 1 aliphatic heterocycles. The number of carbonyl (C=O) groups excluding carboxylic acids is 1. The zero-order chi connectivity index (χ0) is 25.4. The lowest BCUT2D eigenvalue weighted by atomic mass is 10.1. The first-order chi connectivity index (χ1) is 18.1. The summed E-state index contributed by atoms with van der Waals surface area (Å²) in [5.74, 6) is 1.15. The lowest BCUT2D eigenvalue weighted by Crippen LogP contribution is -2.27. The molecule has 7 nitrogen and oxygen atoms in total. The molecule has 37 heavy (non-hydrogen) atoms. The smallest absolute Gasteiger partial charge is 0.345 e. The fourth-order valence-corrected chi connectivity index (χ4v) is 5.72. The third-order valence-electron chi connectivity index (χ3n) is 6.41. The molecule has 2 aromatic heterocycles. The molecule has 1 amide bonds. The third-order valence-corrected chi connectivity index (χ3v) is 7.64. The van der Waals surface area contributed by atoms with Gasteiger partial charge in [0.15, 0.2) is 0 Å². The van der Waals surface area contributed by atoms with Crippen LogP contribution in [0.2, 0.25) is 0 Å². The van der Waals surface area contributed by atoms with Gasteiger partial charge in [0.05, 0.1) is 24.1 Å². The number of para-hydroxylation sites is 2. The fourth-order valence-electron chi connectivity index (χ4n) is 4.53. The van der Waals surface area contributed by atoms with E-state index in [1.807, 2.05) is 90.0 Å². The number of rotatable bonds is 6. The Balaban J connectivity index is 1.47. The average Bonchev–Trinajstić information content (AvgIpc) is 3.53. The minimum absolute atomic E-state index is 0.0368. The van der Waals surface area contributed by atoms with Gasteiger partial charge in [0, 0.05) is 23.7 Å². The number of thioether (sulfide) groups is 1. The lowest BCUT2D eigenvalue weighted by Gasteiger charge is -2.24. The first-order valence-electron chi connectivity index (χ1n) is 11.8. The van der Waals surface area contributed by atoms with Crippen molar-refractivity contribution in [3.05, 3.63) is 113 Å². The Morgan fingerprint density at radius 3 is 2.54 bits per heavy atom. The van der Waals surface area contributed by atoms with Crippen molar-refractivity contribution in [3.63, 3.8) is 0 Å². The molecule has 0 N–H and O–H groups in total. The summed E-state index contributed by atoms with van der Waals surface area (Å²) >= 11 is 1.53. The van der Waals surface area contributed by atoms with E-state index < -0.39 is 5.63 Å². The number of carbonyl (C=O) groups is 1. The predicted molar refractivity (Wildman–Crippen MR) is 144 cm³/mol. The fraction of sp³-hybridized carbons (Fsp3) is 0.138. The van der Waals surface area contributed by atoms with E-state index in [2.05, 4.69) is 0 Å². The van der Waals surface area contributed by atoms with Gasteiger partial charge in [-0.25, -0.2) is 9.48 Å². The molecule has 1 aliphatic rings. The molecule has 8 heteroatoms. The number of methoxy groups -OCH3 is 1. The largest absolute Gasteiger partial charge is 0.497 e. The second kappa shape index (κ2) is 9.63. The quantitative estimate of drug-likeness (QED) is 0.284. The highest BCUT2D eigenvalue weighted by molar-refractivity contribution is 8.00. The normalized spacial score (nSPS) is 15.4. The van der Waals surface area contributed by atoms with E-state index in [0.29, 0.717) is 29.1 Å². The van der Waals surface area contributed by atoms with Crippen LogP contribution in [0.1, 0.15) is 16.5 Å². The Morgan fingerprint density at radius 2 is 1.76 bits per heavy atom. The van der Waals surface area contributed by atoms with E-state index in [0.717, 1.165) is 28.0 Å². The molecule has 5 aromatic rings. The van der Waals surface area contributed by atoms with E-state index in [4.69, 9.17) is 14.3 Å². The number of aromatic nitrogens is 2. The molecule has 1 unspecified atom stereocenters. The summed E-state index contributed by atoms with van der Waals surface area (Å²) in [4.78, 5) is 28.0. The Bertz CT molecular complexity index is 1640. The molecule has 0 spiro atoms. The Hall–Kier alpha value is -4.30. The SMILES string of the molecule is COc1ccc(CN2C(=O)CSC2c2cn(-c3ccccc3)nc2-c2cc3ccccc3oc2=O)cc1. The van der Waals surface area contributed by atoms with Crippen molar-refractivity contribution in [2.24, 2.45) is 0 Å². The van der Waals surface area contributed by atoms with Crippen LogP contribution < -0.4 is 10.4 Å². The molecule has 1 atom stereocenters. The van der Waals surface area contributed by atoms with E-state index >= 15 is 0 Å². The maximum absolute atomic E-state index is 13.1. The van der Waals surface area contributed by atoms with Gasteiger partial charge in [0.2, 0.25) is 5.91 Å². The summed E-state index contributed by atoms with van der Waals surface area (Å²) in [7, 11) is 1.63. The van der Waals surface area contributed by atoms with Crippen LogP contribution in [0.5, 0.6) is 5.75 Å². The second-order valence-electron chi connectivity index (χ2n) is 8.73. The number of ether oxygens (including phenoxy) is 1. The van der Waals surface area contributed by atoms with Crippen molar-refractivity contribution < 1.29 is 13.9 Å². The Kier molecular flexibility index (Phi) is 6.02.